The molecule has 0 saturated carbocycles. The molecule has 6 nitrogen and oxygen atoms in total. The first-order valence-electron chi connectivity index (χ1n) is 12.2. The minimum absolute atomic E-state index is 0.0399. The predicted octanol–water partition coefficient (Wildman–Crippen LogP) is 6.44. The maximum Gasteiger partial charge on any atom is 0.408 e. The minimum Gasteiger partial charge on any atom is -0.444 e. The van der Waals surface area contributed by atoms with Crippen LogP contribution in [0.4, 0.5) is 10.5 Å². The number of hydrogen-bond acceptors (Lipinski definition) is 4. The van der Waals surface area contributed by atoms with Crippen molar-refractivity contribution < 1.29 is 19.1 Å². The van der Waals surface area contributed by atoms with Crippen LogP contribution in [-0.4, -0.2) is 23.4 Å². The van der Waals surface area contributed by atoms with Gasteiger partial charge >= 0.3 is 6.09 Å². The number of ketones is 1. The highest BCUT2D eigenvalue weighted by molar-refractivity contribution is 5.98. The summed E-state index contributed by atoms with van der Waals surface area (Å²) in [6, 6.07) is 11.8. The molecule has 35 heavy (non-hydrogen) atoms. The number of ether oxygens (including phenoxy) is 1. The Morgan fingerprint density at radius 2 is 1.46 bits per heavy atom. The molecule has 1 aliphatic carbocycles. The van der Waals surface area contributed by atoms with Gasteiger partial charge in [0.25, 0.3) is 5.91 Å². The lowest BCUT2D eigenvalue weighted by atomic mass is 9.63. The standard InChI is InChI=1S/C29H38N2O4/c1-18(32)19-9-12-21(13-10-19)30-25(33)24(31-26(34)35-27(2,3)4)20-11-14-22-23(17-20)29(7,8)16-15-28(22,5)6/h9-14,17,24H,15-16H2,1-8H3,(H,30,33)(H,31,34). The number of nitrogens with one attached hydrogen (secondary N) is 2. The van der Waals surface area contributed by atoms with Crippen molar-refractivity contribution in [2.75, 3.05) is 5.32 Å². The van der Waals surface area contributed by atoms with E-state index in [1.54, 1.807) is 45.0 Å². The average Bonchev–Trinajstić information content (AvgIpc) is 2.74. The molecule has 0 heterocycles. The third-order valence-electron chi connectivity index (χ3n) is 6.69. The van der Waals surface area contributed by atoms with Gasteiger partial charge in [0.05, 0.1) is 0 Å². The molecular weight excluding hydrogens is 440 g/mol. The van der Waals surface area contributed by atoms with Gasteiger partial charge in [-0.1, -0.05) is 45.9 Å². The van der Waals surface area contributed by atoms with Crippen LogP contribution in [0.15, 0.2) is 42.5 Å². The second-order valence-electron chi connectivity index (χ2n) is 11.8. The van der Waals surface area contributed by atoms with E-state index in [0.717, 1.165) is 12.8 Å². The van der Waals surface area contributed by atoms with E-state index in [1.165, 1.54) is 18.1 Å². The highest BCUT2D eigenvalue weighted by Crippen LogP contribution is 2.46. The number of hydrogen-bond donors (Lipinski definition) is 2. The third-order valence-corrected chi connectivity index (χ3v) is 6.69. The fourth-order valence-electron chi connectivity index (χ4n) is 4.51. The van der Waals surface area contributed by atoms with Crippen LogP contribution in [-0.2, 0) is 20.4 Å². The fourth-order valence-corrected chi connectivity index (χ4v) is 4.51. The Balaban J connectivity index is 1.97. The molecule has 2 amide bonds. The molecule has 0 bridgehead atoms. The molecule has 2 aromatic rings. The Labute approximate surface area is 208 Å². The van der Waals surface area contributed by atoms with Crippen LogP contribution in [0, 0.1) is 0 Å². The van der Waals surface area contributed by atoms with E-state index in [4.69, 9.17) is 4.74 Å². The summed E-state index contributed by atoms with van der Waals surface area (Å²) in [5, 5.41) is 5.64. The quantitative estimate of drug-likeness (QED) is 0.484. The first-order valence-corrected chi connectivity index (χ1v) is 12.2. The minimum atomic E-state index is -0.955. The zero-order chi connectivity index (χ0) is 26.2. The van der Waals surface area contributed by atoms with Gasteiger partial charge in [-0.05, 0) is 92.3 Å². The average molecular weight is 479 g/mol. The highest BCUT2D eigenvalue weighted by Gasteiger charge is 2.38. The van der Waals surface area contributed by atoms with E-state index in [2.05, 4.69) is 50.5 Å². The number of Topliss-reactive ketones (excluding diaryl/α,β-unsaturated/α-hetero) is 1. The summed E-state index contributed by atoms with van der Waals surface area (Å²) in [6.07, 6.45) is 1.46. The second kappa shape index (κ2) is 9.48. The first-order chi connectivity index (χ1) is 16.1. The Kier molecular flexibility index (Phi) is 7.16. The molecular formula is C29H38N2O4. The second-order valence-corrected chi connectivity index (χ2v) is 11.8. The van der Waals surface area contributed by atoms with Gasteiger partial charge in [-0.25, -0.2) is 4.79 Å². The number of fused-ring (bicyclic) bond motifs is 1. The molecule has 2 N–H and O–H groups in total. The number of benzene rings is 2. The van der Waals surface area contributed by atoms with Crippen molar-refractivity contribution >= 4 is 23.5 Å². The molecule has 0 aromatic heterocycles. The van der Waals surface area contributed by atoms with E-state index in [0.29, 0.717) is 16.8 Å². The molecule has 3 rings (SSSR count). The van der Waals surface area contributed by atoms with Gasteiger partial charge in [-0.3, -0.25) is 9.59 Å². The number of alkyl carbamates (subject to hydrolysis) is 1. The van der Waals surface area contributed by atoms with Crippen LogP contribution in [0.25, 0.3) is 0 Å². The van der Waals surface area contributed by atoms with E-state index >= 15 is 0 Å². The largest absolute Gasteiger partial charge is 0.444 e. The van der Waals surface area contributed by atoms with Crippen molar-refractivity contribution in [3.8, 4) is 0 Å². The summed E-state index contributed by atoms with van der Waals surface area (Å²) in [7, 11) is 0. The molecule has 2 aromatic carbocycles. The van der Waals surface area contributed by atoms with Gasteiger partial charge in [-0.15, -0.1) is 0 Å². The molecule has 0 radical (unpaired) electrons. The molecule has 0 spiro atoms. The van der Waals surface area contributed by atoms with Crippen molar-refractivity contribution in [1.82, 2.24) is 5.32 Å². The monoisotopic (exact) mass is 478 g/mol. The lowest BCUT2D eigenvalue weighted by molar-refractivity contribution is -0.118. The maximum absolute atomic E-state index is 13.4. The van der Waals surface area contributed by atoms with E-state index in [-0.39, 0.29) is 22.5 Å². The fraction of sp³-hybridized carbons (Fsp3) is 0.483. The van der Waals surface area contributed by atoms with Gasteiger partial charge < -0.3 is 15.4 Å². The van der Waals surface area contributed by atoms with Crippen LogP contribution >= 0.6 is 0 Å². The Hall–Kier alpha value is -3.15. The third kappa shape index (κ3) is 6.30. The number of carbonyl (C=O) groups is 3. The van der Waals surface area contributed by atoms with Crippen molar-refractivity contribution in [3.63, 3.8) is 0 Å². The summed E-state index contributed by atoms with van der Waals surface area (Å²) in [4.78, 5) is 37.7. The van der Waals surface area contributed by atoms with Gasteiger partial charge in [0.1, 0.15) is 11.6 Å². The van der Waals surface area contributed by atoms with Crippen molar-refractivity contribution in [3.05, 3.63) is 64.7 Å². The summed E-state index contributed by atoms with van der Waals surface area (Å²) in [6.45, 7) is 15.8. The summed E-state index contributed by atoms with van der Waals surface area (Å²) in [5.41, 5.74) is 3.55. The predicted molar refractivity (Wildman–Crippen MR) is 139 cm³/mol. The molecule has 188 valence electrons. The molecule has 1 aliphatic rings. The van der Waals surface area contributed by atoms with Crippen molar-refractivity contribution in [2.24, 2.45) is 0 Å². The number of anilines is 1. The SMILES string of the molecule is CC(=O)c1ccc(NC(=O)C(NC(=O)OC(C)(C)C)c2ccc3c(c2)C(C)(C)CCC3(C)C)cc1. The first kappa shape index (κ1) is 26.5. The molecule has 6 heteroatoms. The van der Waals surface area contributed by atoms with Gasteiger partial charge in [0.2, 0.25) is 0 Å². The van der Waals surface area contributed by atoms with Gasteiger partial charge in [0.15, 0.2) is 5.78 Å². The van der Waals surface area contributed by atoms with Gasteiger partial charge in [0, 0.05) is 11.3 Å². The number of amides is 2. The number of rotatable bonds is 5. The molecule has 1 atom stereocenters. The molecule has 0 aliphatic heterocycles. The Morgan fingerprint density at radius 1 is 0.886 bits per heavy atom. The zero-order valence-corrected chi connectivity index (χ0v) is 22.2. The smallest absolute Gasteiger partial charge is 0.408 e. The summed E-state index contributed by atoms with van der Waals surface area (Å²) in [5.74, 6) is -0.439. The van der Waals surface area contributed by atoms with E-state index in [9.17, 15) is 14.4 Å². The van der Waals surface area contributed by atoms with Gasteiger partial charge in [-0.2, -0.15) is 0 Å². The van der Waals surface area contributed by atoms with Crippen LogP contribution in [0.5, 0.6) is 0 Å². The van der Waals surface area contributed by atoms with Crippen LogP contribution in [0.1, 0.15) is 101 Å². The zero-order valence-electron chi connectivity index (χ0n) is 22.2. The molecule has 1 unspecified atom stereocenters. The van der Waals surface area contributed by atoms with Crippen molar-refractivity contribution in [2.45, 2.75) is 90.7 Å². The van der Waals surface area contributed by atoms with Crippen LogP contribution in [0.3, 0.4) is 0 Å². The molecule has 0 saturated heterocycles. The lowest BCUT2D eigenvalue weighted by Crippen LogP contribution is -2.40. The summed E-state index contributed by atoms with van der Waals surface area (Å²) >= 11 is 0. The lowest BCUT2D eigenvalue weighted by Gasteiger charge is -2.42. The highest BCUT2D eigenvalue weighted by atomic mass is 16.6. The van der Waals surface area contributed by atoms with Crippen LogP contribution < -0.4 is 10.6 Å². The Morgan fingerprint density at radius 3 is 2.00 bits per heavy atom. The molecule has 0 fully saturated rings. The van der Waals surface area contributed by atoms with E-state index < -0.39 is 17.7 Å². The number of carbonyl (C=O) groups excluding carboxylic acids is 3. The summed E-state index contributed by atoms with van der Waals surface area (Å²) < 4.78 is 5.45. The van der Waals surface area contributed by atoms with Crippen molar-refractivity contribution in [1.29, 1.82) is 0 Å². The maximum atomic E-state index is 13.4. The topological polar surface area (TPSA) is 84.5 Å². The normalized spacial score (nSPS) is 17.0. The Bertz CT molecular complexity index is 1120. The van der Waals surface area contributed by atoms with E-state index in [1.807, 2.05) is 6.07 Å². The van der Waals surface area contributed by atoms with Crippen LogP contribution in [0.2, 0.25) is 0 Å².